The number of alkyl halides is 3. The highest BCUT2D eigenvalue weighted by Crippen LogP contribution is 2.35. The number of hydrogen-bond acceptors (Lipinski definition) is 3. The van der Waals surface area contributed by atoms with E-state index in [0.29, 0.717) is 11.6 Å². The van der Waals surface area contributed by atoms with E-state index in [1.165, 1.54) is 0 Å². The van der Waals surface area contributed by atoms with Gasteiger partial charge in [0.05, 0.1) is 10.5 Å². The Balaban J connectivity index is 1.76. The minimum Gasteiger partial charge on any atom is -0.372 e. The van der Waals surface area contributed by atoms with E-state index in [9.17, 15) is 21.6 Å². The van der Waals surface area contributed by atoms with Crippen molar-refractivity contribution < 1.29 is 21.6 Å². The monoisotopic (exact) mass is 418 g/mol. The first-order chi connectivity index (χ1) is 12.7. The first kappa shape index (κ1) is 20.0. The molecule has 0 saturated carbocycles. The predicted molar refractivity (Wildman–Crippen MR) is 98.4 cm³/mol. The van der Waals surface area contributed by atoms with Gasteiger partial charge in [0, 0.05) is 30.3 Å². The molecule has 1 aliphatic heterocycles. The summed E-state index contributed by atoms with van der Waals surface area (Å²) in [7, 11) is -4.35. The molecule has 0 unspecified atom stereocenters. The van der Waals surface area contributed by atoms with Gasteiger partial charge >= 0.3 is 6.18 Å². The van der Waals surface area contributed by atoms with E-state index < -0.39 is 26.7 Å². The van der Waals surface area contributed by atoms with Crippen molar-refractivity contribution in [1.29, 1.82) is 0 Å². The Hall–Kier alpha value is -1.77. The zero-order chi connectivity index (χ0) is 19.7. The van der Waals surface area contributed by atoms with Crippen molar-refractivity contribution in [3.8, 4) is 0 Å². The molecule has 0 atom stereocenters. The van der Waals surface area contributed by atoms with Gasteiger partial charge in [0.25, 0.3) is 0 Å². The topological polar surface area (TPSA) is 49.4 Å². The number of hydrogen-bond donors (Lipinski definition) is 1. The van der Waals surface area contributed by atoms with Crippen LogP contribution in [0.4, 0.5) is 18.9 Å². The average molecular weight is 419 g/mol. The maximum absolute atomic E-state index is 13.2. The first-order valence-electron chi connectivity index (χ1n) is 8.37. The Bertz CT molecular complexity index is 909. The molecular formula is C18H18ClF3N2O2S. The summed E-state index contributed by atoms with van der Waals surface area (Å²) in [4.78, 5) is 1.39. The summed E-state index contributed by atoms with van der Waals surface area (Å²) < 4.78 is 66.5. The molecular weight excluding hydrogens is 401 g/mol. The Morgan fingerprint density at radius 3 is 2.26 bits per heavy atom. The summed E-state index contributed by atoms with van der Waals surface area (Å²) in [5.74, 6) is 0. The Labute approximate surface area is 161 Å². The van der Waals surface area contributed by atoms with Gasteiger partial charge in [-0.3, -0.25) is 0 Å². The number of nitrogens with zero attached hydrogens (tertiary/aromatic N) is 1. The number of sulfonamides is 1. The van der Waals surface area contributed by atoms with Crippen molar-refractivity contribution in [1.82, 2.24) is 4.72 Å². The van der Waals surface area contributed by atoms with Crippen LogP contribution in [0.1, 0.15) is 24.0 Å². The number of halogens is 4. The SMILES string of the molecule is O=S(=O)(NCc1ccc(N2CCCC2)cc1)c1ccc(Cl)cc1C(F)(F)F. The molecule has 0 radical (unpaired) electrons. The molecule has 146 valence electrons. The number of benzene rings is 2. The van der Waals surface area contributed by atoms with E-state index in [4.69, 9.17) is 11.6 Å². The standard InChI is InChI=1S/C18H18ClF3N2O2S/c19-14-5-8-17(16(11-14)18(20,21)22)27(25,26)23-12-13-3-6-15(7-4-13)24-9-1-2-10-24/h3-8,11,23H,1-2,9-10,12H2. The van der Waals surface area contributed by atoms with Gasteiger partial charge in [-0.15, -0.1) is 0 Å². The molecule has 0 amide bonds. The van der Waals surface area contributed by atoms with Crippen LogP contribution >= 0.6 is 11.6 Å². The number of nitrogens with one attached hydrogen (secondary N) is 1. The van der Waals surface area contributed by atoms with E-state index in [1.807, 2.05) is 12.1 Å². The predicted octanol–water partition coefficient (Wildman–Crippen LogP) is 4.44. The zero-order valence-electron chi connectivity index (χ0n) is 14.3. The van der Waals surface area contributed by atoms with Gasteiger partial charge in [-0.25, -0.2) is 13.1 Å². The van der Waals surface area contributed by atoms with Gasteiger partial charge in [-0.05, 0) is 48.7 Å². The largest absolute Gasteiger partial charge is 0.417 e. The van der Waals surface area contributed by atoms with Crippen molar-refractivity contribution in [2.24, 2.45) is 0 Å². The van der Waals surface area contributed by atoms with Gasteiger partial charge in [0.15, 0.2) is 0 Å². The highest BCUT2D eigenvalue weighted by Gasteiger charge is 2.37. The molecule has 3 rings (SSSR count). The van der Waals surface area contributed by atoms with Crippen LogP contribution in [0.3, 0.4) is 0 Å². The van der Waals surface area contributed by atoms with Crippen LogP contribution in [0.2, 0.25) is 5.02 Å². The third-order valence-electron chi connectivity index (χ3n) is 4.41. The number of rotatable bonds is 5. The van der Waals surface area contributed by atoms with Gasteiger partial charge in [0.1, 0.15) is 0 Å². The van der Waals surface area contributed by atoms with Crippen molar-refractivity contribution >= 4 is 27.3 Å². The summed E-state index contributed by atoms with van der Waals surface area (Å²) in [6, 6.07) is 9.91. The summed E-state index contributed by atoms with van der Waals surface area (Å²) in [6.07, 6.45) is -2.54. The van der Waals surface area contributed by atoms with Crippen LogP contribution in [0.5, 0.6) is 0 Å². The second-order valence-corrected chi connectivity index (χ2v) is 8.50. The maximum Gasteiger partial charge on any atom is 0.417 e. The van der Waals surface area contributed by atoms with Gasteiger partial charge in [-0.1, -0.05) is 23.7 Å². The van der Waals surface area contributed by atoms with Crippen molar-refractivity contribution in [2.45, 2.75) is 30.5 Å². The van der Waals surface area contributed by atoms with Crippen molar-refractivity contribution in [3.05, 3.63) is 58.6 Å². The van der Waals surface area contributed by atoms with Crippen molar-refractivity contribution in [2.75, 3.05) is 18.0 Å². The molecule has 9 heteroatoms. The average Bonchev–Trinajstić information content (AvgIpc) is 3.14. The fraction of sp³-hybridized carbons (Fsp3) is 0.333. The molecule has 1 aliphatic rings. The smallest absolute Gasteiger partial charge is 0.372 e. The van der Waals surface area contributed by atoms with Gasteiger partial charge in [-0.2, -0.15) is 13.2 Å². The van der Waals surface area contributed by atoms with E-state index >= 15 is 0 Å². The lowest BCUT2D eigenvalue weighted by Gasteiger charge is -2.18. The van der Waals surface area contributed by atoms with E-state index in [0.717, 1.165) is 43.8 Å². The van der Waals surface area contributed by atoms with Crippen LogP contribution in [-0.4, -0.2) is 21.5 Å². The first-order valence-corrected chi connectivity index (χ1v) is 10.2. The van der Waals surface area contributed by atoms with Crippen LogP contribution in [0.25, 0.3) is 0 Å². The fourth-order valence-corrected chi connectivity index (χ4v) is 4.41. The molecule has 0 aromatic heterocycles. The van der Waals surface area contributed by atoms with Crippen LogP contribution in [-0.2, 0) is 22.7 Å². The van der Waals surface area contributed by atoms with E-state index in [2.05, 4.69) is 9.62 Å². The Morgan fingerprint density at radius 2 is 1.67 bits per heavy atom. The Kier molecular flexibility index (Phi) is 5.69. The van der Waals surface area contributed by atoms with Gasteiger partial charge < -0.3 is 4.90 Å². The summed E-state index contributed by atoms with van der Waals surface area (Å²) in [6.45, 7) is 1.87. The van der Waals surface area contributed by atoms with Crippen molar-refractivity contribution in [3.63, 3.8) is 0 Å². The highest BCUT2D eigenvalue weighted by molar-refractivity contribution is 7.89. The second kappa shape index (κ2) is 7.69. The highest BCUT2D eigenvalue weighted by atomic mass is 35.5. The van der Waals surface area contributed by atoms with E-state index in [-0.39, 0.29) is 11.6 Å². The molecule has 0 aliphatic carbocycles. The normalized spacial score (nSPS) is 15.3. The zero-order valence-corrected chi connectivity index (χ0v) is 15.8. The lowest BCUT2D eigenvalue weighted by atomic mass is 10.2. The lowest BCUT2D eigenvalue weighted by Crippen LogP contribution is -2.26. The molecule has 0 spiro atoms. The molecule has 27 heavy (non-hydrogen) atoms. The molecule has 0 bridgehead atoms. The third-order valence-corrected chi connectivity index (χ3v) is 6.10. The molecule has 2 aromatic rings. The number of anilines is 1. The lowest BCUT2D eigenvalue weighted by molar-refractivity contribution is -0.139. The molecule has 1 saturated heterocycles. The fourth-order valence-electron chi connectivity index (χ4n) is 3.01. The van der Waals surface area contributed by atoms with Crippen LogP contribution in [0.15, 0.2) is 47.4 Å². The Morgan fingerprint density at radius 1 is 1.04 bits per heavy atom. The second-order valence-electron chi connectivity index (χ2n) is 6.32. The molecule has 1 heterocycles. The van der Waals surface area contributed by atoms with E-state index in [1.54, 1.807) is 12.1 Å². The summed E-state index contributed by atoms with van der Waals surface area (Å²) in [5.41, 5.74) is 0.423. The molecule has 1 N–H and O–H groups in total. The molecule has 1 fully saturated rings. The third kappa shape index (κ3) is 4.75. The quantitative estimate of drug-likeness (QED) is 0.781. The maximum atomic E-state index is 13.2. The summed E-state index contributed by atoms with van der Waals surface area (Å²) in [5, 5.41) is -0.182. The summed E-state index contributed by atoms with van der Waals surface area (Å²) >= 11 is 5.60. The van der Waals surface area contributed by atoms with Gasteiger partial charge in [0.2, 0.25) is 10.0 Å². The minimum absolute atomic E-state index is 0.109. The minimum atomic E-state index is -4.83. The molecule has 2 aromatic carbocycles. The molecule has 4 nitrogen and oxygen atoms in total. The van der Waals surface area contributed by atoms with Crippen LogP contribution in [0, 0.1) is 0 Å². The van der Waals surface area contributed by atoms with Crippen LogP contribution < -0.4 is 9.62 Å².